The van der Waals surface area contributed by atoms with Gasteiger partial charge in [-0.15, -0.1) is 24.8 Å². The van der Waals surface area contributed by atoms with Gasteiger partial charge in [-0.25, -0.2) is 4.98 Å². The van der Waals surface area contributed by atoms with E-state index < -0.39 is 0 Å². The lowest BCUT2D eigenvalue weighted by atomic mass is 10.3. The van der Waals surface area contributed by atoms with Crippen molar-refractivity contribution in [1.82, 2.24) is 10.3 Å². The summed E-state index contributed by atoms with van der Waals surface area (Å²) in [5.74, 6) is 0.651. The van der Waals surface area contributed by atoms with Crippen LogP contribution in [0.2, 0.25) is 5.02 Å². The molecule has 1 aliphatic rings. The number of nitrogens with one attached hydrogen (secondary N) is 1. The summed E-state index contributed by atoms with van der Waals surface area (Å²) < 4.78 is 5.60. The van der Waals surface area contributed by atoms with Crippen LogP contribution in [0.4, 0.5) is 0 Å². The van der Waals surface area contributed by atoms with Crippen LogP contribution < -0.4 is 10.1 Å². The second-order valence-electron chi connectivity index (χ2n) is 3.05. The first kappa shape index (κ1) is 14.8. The highest BCUT2D eigenvalue weighted by atomic mass is 35.5. The Hall–Kier alpha value is -0.220. The molecule has 86 valence electrons. The highest BCUT2D eigenvalue weighted by Gasteiger charge is 2.15. The summed E-state index contributed by atoms with van der Waals surface area (Å²) in [5, 5.41) is 3.86. The van der Waals surface area contributed by atoms with Gasteiger partial charge >= 0.3 is 0 Å². The molecule has 3 nitrogen and oxygen atoms in total. The van der Waals surface area contributed by atoms with Crippen LogP contribution in [0, 0.1) is 0 Å². The van der Waals surface area contributed by atoms with Gasteiger partial charge in [-0.1, -0.05) is 11.6 Å². The van der Waals surface area contributed by atoms with E-state index in [4.69, 9.17) is 16.3 Å². The molecule has 1 unspecified atom stereocenters. The third-order valence-corrected chi connectivity index (χ3v) is 2.23. The molecule has 0 aliphatic carbocycles. The average molecular weight is 272 g/mol. The molecule has 1 fully saturated rings. The topological polar surface area (TPSA) is 34.1 Å². The Morgan fingerprint density at radius 2 is 2.20 bits per heavy atom. The number of halogens is 3. The fourth-order valence-corrected chi connectivity index (χ4v) is 1.44. The number of hydrogen-bond acceptors (Lipinski definition) is 3. The summed E-state index contributed by atoms with van der Waals surface area (Å²) in [4.78, 5) is 4.06. The van der Waals surface area contributed by atoms with Crippen molar-refractivity contribution in [3.05, 3.63) is 23.4 Å². The van der Waals surface area contributed by atoms with E-state index in [9.17, 15) is 0 Å². The summed E-state index contributed by atoms with van der Waals surface area (Å²) in [5.41, 5.74) is 0. The highest BCUT2D eigenvalue weighted by molar-refractivity contribution is 6.30. The predicted molar refractivity (Wildman–Crippen MR) is 65.6 cm³/mol. The van der Waals surface area contributed by atoms with Crippen LogP contribution in [0.1, 0.15) is 6.42 Å². The molecular weight excluding hydrogens is 258 g/mol. The fourth-order valence-electron chi connectivity index (χ4n) is 1.33. The molecule has 0 saturated carbocycles. The summed E-state index contributed by atoms with van der Waals surface area (Å²) in [6.07, 6.45) is 2.90. The molecule has 1 saturated heterocycles. The van der Waals surface area contributed by atoms with E-state index >= 15 is 0 Å². The van der Waals surface area contributed by atoms with E-state index in [1.54, 1.807) is 18.3 Å². The van der Waals surface area contributed by atoms with Gasteiger partial charge in [0.15, 0.2) is 0 Å². The van der Waals surface area contributed by atoms with Crippen molar-refractivity contribution in [3.8, 4) is 5.88 Å². The van der Waals surface area contributed by atoms with E-state index in [0.29, 0.717) is 10.9 Å². The maximum Gasteiger partial charge on any atom is 0.213 e. The molecule has 0 aromatic carbocycles. The van der Waals surface area contributed by atoms with Gasteiger partial charge in [0.05, 0.1) is 5.02 Å². The molecule has 6 heteroatoms. The lowest BCUT2D eigenvalue weighted by Crippen LogP contribution is -2.19. The number of pyridine rings is 1. The second kappa shape index (κ2) is 7.12. The number of nitrogens with zero attached hydrogens (tertiary/aromatic N) is 1. The Morgan fingerprint density at radius 1 is 1.40 bits per heavy atom. The molecule has 1 aromatic heterocycles. The number of rotatable bonds is 2. The van der Waals surface area contributed by atoms with Crippen molar-refractivity contribution in [2.45, 2.75) is 12.5 Å². The third-order valence-electron chi connectivity index (χ3n) is 2.00. The molecule has 1 atom stereocenters. The zero-order chi connectivity index (χ0) is 9.10. The van der Waals surface area contributed by atoms with E-state index in [-0.39, 0.29) is 30.9 Å². The van der Waals surface area contributed by atoms with Crippen molar-refractivity contribution in [2.24, 2.45) is 0 Å². The van der Waals surface area contributed by atoms with Crippen LogP contribution in [0.25, 0.3) is 0 Å². The lowest BCUT2D eigenvalue weighted by molar-refractivity contribution is 0.214. The van der Waals surface area contributed by atoms with Crippen molar-refractivity contribution in [2.75, 3.05) is 13.1 Å². The quantitative estimate of drug-likeness (QED) is 0.896. The third kappa shape index (κ3) is 4.43. The van der Waals surface area contributed by atoms with Crippen molar-refractivity contribution < 1.29 is 4.74 Å². The van der Waals surface area contributed by atoms with Crippen LogP contribution in [-0.4, -0.2) is 24.2 Å². The van der Waals surface area contributed by atoms with E-state index in [2.05, 4.69) is 10.3 Å². The molecule has 0 spiro atoms. The van der Waals surface area contributed by atoms with Gasteiger partial charge in [-0.05, 0) is 19.0 Å². The molecule has 2 heterocycles. The Morgan fingerprint density at radius 3 is 2.73 bits per heavy atom. The smallest absolute Gasteiger partial charge is 0.213 e. The van der Waals surface area contributed by atoms with Crippen molar-refractivity contribution in [1.29, 1.82) is 0 Å². The van der Waals surface area contributed by atoms with Gasteiger partial charge in [-0.3, -0.25) is 0 Å². The SMILES string of the molecule is Cl.Cl.Clc1ccc(OC2CCNC2)nc1. The lowest BCUT2D eigenvalue weighted by Gasteiger charge is -2.10. The number of aromatic nitrogens is 1. The maximum absolute atomic E-state index is 5.70. The first-order valence-electron chi connectivity index (χ1n) is 4.33. The molecular formula is C9H13Cl3N2O. The minimum Gasteiger partial charge on any atom is -0.473 e. The van der Waals surface area contributed by atoms with Gasteiger partial charge in [0.2, 0.25) is 5.88 Å². The van der Waals surface area contributed by atoms with Gasteiger partial charge in [0.1, 0.15) is 6.10 Å². The fraction of sp³-hybridized carbons (Fsp3) is 0.444. The summed E-state index contributed by atoms with van der Waals surface area (Å²) in [6.45, 7) is 1.93. The minimum atomic E-state index is 0. The Balaban J connectivity index is 0.000000980. The minimum absolute atomic E-state index is 0. The maximum atomic E-state index is 5.70. The molecule has 0 radical (unpaired) electrons. The van der Waals surface area contributed by atoms with Gasteiger partial charge in [-0.2, -0.15) is 0 Å². The molecule has 1 aliphatic heterocycles. The largest absolute Gasteiger partial charge is 0.473 e. The Labute approximate surface area is 106 Å². The van der Waals surface area contributed by atoms with E-state index in [1.165, 1.54) is 0 Å². The highest BCUT2D eigenvalue weighted by Crippen LogP contribution is 2.14. The summed E-state index contributed by atoms with van der Waals surface area (Å²) in [7, 11) is 0. The Kier molecular flexibility index (Phi) is 7.02. The number of ether oxygens (including phenoxy) is 1. The van der Waals surface area contributed by atoms with Crippen LogP contribution >= 0.6 is 36.4 Å². The predicted octanol–water partition coefficient (Wildman–Crippen LogP) is 2.32. The van der Waals surface area contributed by atoms with Gasteiger partial charge in [0.25, 0.3) is 0 Å². The molecule has 1 N–H and O–H groups in total. The van der Waals surface area contributed by atoms with Crippen LogP contribution in [0.3, 0.4) is 0 Å². The average Bonchev–Trinajstić information content (AvgIpc) is 2.62. The molecule has 0 bridgehead atoms. The van der Waals surface area contributed by atoms with Gasteiger partial charge in [0, 0.05) is 18.8 Å². The Bertz CT molecular complexity index is 275. The van der Waals surface area contributed by atoms with Gasteiger partial charge < -0.3 is 10.1 Å². The van der Waals surface area contributed by atoms with Crippen LogP contribution in [0.5, 0.6) is 5.88 Å². The van der Waals surface area contributed by atoms with Crippen molar-refractivity contribution in [3.63, 3.8) is 0 Å². The number of hydrogen-bond donors (Lipinski definition) is 1. The zero-order valence-electron chi connectivity index (χ0n) is 7.98. The first-order chi connectivity index (χ1) is 6.34. The second-order valence-corrected chi connectivity index (χ2v) is 3.48. The standard InChI is InChI=1S/C9H11ClN2O.2ClH/c10-7-1-2-9(12-5-7)13-8-3-4-11-6-8;;/h1-2,5,8,11H,3-4,6H2;2*1H. The van der Waals surface area contributed by atoms with Crippen molar-refractivity contribution >= 4 is 36.4 Å². The molecule has 15 heavy (non-hydrogen) atoms. The summed E-state index contributed by atoms with van der Waals surface area (Å²) >= 11 is 5.70. The summed E-state index contributed by atoms with van der Waals surface area (Å²) in [6, 6.07) is 3.58. The van der Waals surface area contributed by atoms with E-state index in [1.807, 2.05) is 0 Å². The van der Waals surface area contributed by atoms with Crippen LogP contribution in [0.15, 0.2) is 18.3 Å². The van der Waals surface area contributed by atoms with Crippen LogP contribution in [-0.2, 0) is 0 Å². The first-order valence-corrected chi connectivity index (χ1v) is 4.71. The van der Waals surface area contributed by atoms with E-state index in [0.717, 1.165) is 19.5 Å². The normalized spacial score (nSPS) is 18.9. The molecule has 1 aromatic rings. The molecule has 0 amide bonds. The monoisotopic (exact) mass is 270 g/mol. The zero-order valence-corrected chi connectivity index (χ0v) is 10.4. The molecule has 2 rings (SSSR count).